The first-order valence-corrected chi connectivity index (χ1v) is 12.1. The van der Waals surface area contributed by atoms with Gasteiger partial charge in [-0.05, 0) is 56.0 Å². The summed E-state index contributed by atoms with van der Waals surface area (Å²) in [5.74, 6) is 0.240. The highest BCUT2D eigenvalue weighted by Crippen LogP contribution is 2.39. The first-order valence-electron chi connectivity index (χ1n) is 12.1. The SMILES string of the molecule is O=C(c1ccccc1)C(C(c1ccccc1)N1CCCc2ccccc21)N1CCCCC1. The molecule has 0 radical (unpaired) electrons. The summed E-state index contributed by atoms with van der Waals surface area (Å²) < 4.78 is 0. The van der Waals surface area contributed by atoms with E-state index in [9.17, 15) is 4.79 Å². The van der Waals surface area contributed by atoms with E-state index in [2.05, 4.69) is 64.4 Å². The van der Waals surface area contributed by atoms with Gasteiger partial charge in [-0.1, -0.05) is 85.3 Å². The molecule has 3 aromatic rings. The van der Waals surface area contributed by atoms with Crippen molar-refractivity contribution in [2.45, 2.75) is 44.2 Å². The summed E-state index contributed by atoms with van der Waals surface area (Å²) in [7, 11) is 0. The summed E-state index contributed by atoms with van der Waals surface area (Å²) in [4.78, 5) is 19.1. The van der Waals surface area contributed by atoms with E-state index in [0.717, 1.165) is 50.9 Å². The quantitative estimate of drug-likeness (QED) is 0.459. The van der Waals surface area contributed by atoms with Crippen LogP contribution in [0.15, 0.2) is 84.9 Å². The van der Waals surface area contributed by atoms with Crippen molar-refractivity contribution in [3.8, 4) is 0 Å². The van der Waals surface area contributed by atoms with Crippen LogP contribution in [0.2, 0.25) is 0 Å². The highest BCUT2D eigenvalue weighted by molar-refractivity contribution is 6.01. The Hall–Kier alpha value is -2.91. The Kier molecular flexibility index (Phi) is 6.36. The molecule has 0 N–H and O–H groups in total. The van der Waals surface area contributed by atoms with E-state index in [1.54, 1.807) is 0 Å². The Bertz CT molecular complexity index is 1030. The number of likely N-dealkylation sites (tertiary alicyclic amines) is 1. The number of hydrogen-bond acceptors (Lipinski definition) is 3. The number of hydrogen-bond donors (Lipinski definition) is 0. The van der Waals surface area contributed by atoms with Crippen molar-refractivity contribution in [3.05, 3.63) is 102 Å². The summed E-state index contributed by atoms with van der Waals surface area (Å²) in [6.07, 6.45) is 5.81. The molecule has 0 spiro atoms. The number of carbonyl (C=O) groups is 1. The summed E-state index contributed by atoms with van der Waals surface area (Å²) in [6.45, 7) is 2.95. The molecule has 0 bridgehead atoms. The van der Waals surface area contributed by atoms with E-state index in [0.29, 0.717) is 0 Å². The zero-order chi connectivity index (χ0) is 21.8. The minimum absolute atomic E-state index is 0.0107. The lowest BCUT2D eigenvalue weighted by Crippen LogP contribution is -2.53. The molecule has 164 valence electrons. The molecule has 2 unspecified atom stereocenters. The van der Waals surface area contributed by atoms with Gasteiger partial charge < -0.3 is 4.90 Å². The number of anilines is 1. The number of benzene rings is 3. The van der Waals surface area contributed by atoms with Gasteiger partial charge >= 0.3 is 0 Å². The van der Waals surface area contributed by atoms with Crippen molar-refractivity contribution in [3.63, 3.8) is 0 Å². The number of para-hydroxylation sites is 1. The Morgan fingerprint density at radius 1 is 0.688 bits per heavy atom. The molecular weight excluding hydrogens is 392 g/mol. The Morgan fingerprint density at radius 2 is 1.34 bits per heavy atom. The molecule has 0 saturated carbocycles. The van der Waals surface area contributed by atoms with Crippen LogP contribution in [0.4, 0.5) is 5.69 Å². The predicted molar refractivity (Wildman–Crippen MR) is 131 cm³/mol. The predicted octanol–water partition coefficient (Wildman–Crippen LogP) is 5.92. The lowest BCUT2D eigenvalue weighted by molar-refractivity contribution is 0.0729. The first-order chi connectivity index (χ1) is 15.8. The second kappa shape index (κ2) is 9.70. The summed E-state index contributed by atoms with van der Waals surface area (Å²) in [6, 6.07) is 29.1. The standard InChI is InChI=1S/C29H32N2O/c32-29(25-16-6-2-7-17-25)28(30-20-10-3-11-21-30)27(24-14-4-1-5-15-24)31-22-12-18-23-13-8-9-19-26(23)31/h1-2,4-9,13-17,19,27-28H,3,10-12,18,20-22H2. The maximum absolute atomic E-state index is 14.1. The van der Waals surface area contributed by atoms with Crippen LogP contribution in [0.1, 0.15) is 53.2 Å². The Morgan fingerprint density at radius 3 is 2.09 bits per heavy atom. The molecule has 0 amide bonds. The van der Waals surface area contributed by atoms with Gasteiger partial charge in [-0.3, -0.25) is 9.69 Å². The third-order valence-corrected chi connectivity index (χ3v) is 7.03. The van der Waals surface area contributed by atoms with Crippen LogP contribution in [0.25, 0.3) is 0 Å². The number of nitrogens with zero attached hydrogens (tertiary/aromatic N) is 2. The molecule has 0 aromatic heterocycles. The molecule has 1 saturated heterocycles. The average molecular weight is 425 g/mol. The number of carbonyl (C=O) groups excluding carboxylic acids is 1. The van der Waals surface area contributed by atoms with Crippen molar-refractivity contribution in [2.24, 2.45) is 0 Å². The number of Topliss-reactive ketones (excluding diaryl/α,β-unsaturated/α-hetero) is 1. The van der Waals surface area contributed by atoms with Crippen LogP contribution >= 0.6 is 0 Å². The van der Waals surface area contributed by atoms with Crippen molar-refractivity contribution in [1.82, 2.24) is 4.90 Å². The lowest BCUT2D eigenvalue weighted by atomic mass is 9.87. The van der Waals surface area contributed by atoms with E-state index in [1.165, 1.54) is 23.2 Å². The zero-order valence-corrected chi connectivity index (χ0v) is 18.7. The molecule has 32 heavy (non-hydrogen) atoms. The fourth-order valence-corrected chi connectivity index (χ4v) is 5.51. The van der Waals surface area contributed by atoms with E-state index in [1.807, 2.05) is 30.3 Å². The molecule has 3 aromatic carbocycles. The highest BCUT2D eigenvalue weighted by Gasteiger charge is 2.40. The maximum atomic E-state index is 14.1. The van der Waals surface area contributed by atoms with Crippen LogP contribution in [0.5, 0.6) is 0 Å². The fraction of sp³-hybridized carbons (Fsp3) is 0.345. The van der Waals surface area contributed by atoms with E-state index in [4.69, 9.17) is 0 Å². The first kappa shape index (κ1) is 21.0. The van der Waals surface area contributed by atoms with Crippen molar-refractivity contribution >= 4 is 11.5 Å². The van der Waals surface area contributed by atoms with E-state index >= 15 is 0 Å². The molecule has 2 aliphatic rings. The molecule has 5 rings (SSSR count). The van der Waals surface area contributed by atoms with Gasteiger partial charge in [0.25, 0.3) is 0 Å². The molecule has 1 fully saturated rings. The van der Waals surface area contributed by atoms with Crippen LogP contribution in [-0.2, 0) is 6.42 Å². The molecule has 2 atom stereocenters. The van der Waals surface area contributed by atoms with Crippen molar-refractivity contribution in [1.29, 1.82) is 0 Å². The third kappa shape index (κ3) is 4.22. The van der Waals surface area contributed by atoms with Gasteiger partial charge in [0.2, 0.25) is 0 Å². The molecular formula is C29H32N2O. The lowest BCUT2D eigenvalue weighted by Gasteiger charge is -2.46. The van der Waals surface area contributed by atoms with Gasteiger partial charge in [0, 0.05) is 17.8 Å². The molecule has 3 heteroatoms. The van der Waals surface area contributed by atoms with Crippen LogP contribution < -0.4 is 4.90 Å². The number of fused-ring (bicyclic) bond motifs is 1. The second-order valence-electron chi connectivity index (χ2n) is 9.05. The monoisotopic (exact) mass is 424 g/mol. The summed E-state index contributed by atoms with van der Waals surface area (Å²) in [5.41, 5.74) is 4.72. The van der Waals surface area contributed by atoms with Crippen molar-refractivity contribution in [2.75, 3.05) is 24.5 Å². The van der Waals surface area contributed by atoms with Gasteiger partial charge in [-0.2, -0.15) is 0 Å². The fourth-order valence-electron chi connectivity index (χ4n) is 5.51. The zero-order valence-electron chi connectivity index (χ0n) is 18.7. The smallest absolute Gasteiger partial charge is 0.182 e. The van der Waals surface area contributed by atoms with Gasteiger partial charge in [0.15, 0.2) is 5.78 Å². The number of aryl methyl sites for hydroxylation is 1. The number of ketones is 1. The maximum Gasteiger partial charge on any atom is 0.182 e. The van der Waals surface area contributed by atoms with Gasteiger partial charge in [0.05, 0.1) is 12.1 Å². The topological polar surface area (TPSA) is 23.6 Å². The van der Waals surface area contributed by atoms with Crippen LogP contribution in [0, 0.1) is 0 Å². The molecule has 3 nitrogen and oxygen atoms in total. The van der Waals surface area contributed by atoms with Crippen molar-refractivity contribution < 1.29 is 4.79 Å². The van der Waals surface area contributed by atoms with Gasteiger partial charge in [-0.25, -0.2) is 0 Å². The second-order valence-corrected chi connectivity index (χ2v) is 9.05. The average Bonchev–Trinajstić information content (AvgIpc) is 2.88. The minimum atomic E-state index is -0.203. The van der Waals surface area contributed by atoms with Crippen LogP contribution in [-0.4, -0.2) is 36.4 Å². The minimum Gasteiger partial charge on any atom is -0.362 e. The molecule has 2 aliphatic heterocycles. The number of piperidine rings is 1. The third-order valence-electron chi connectivity index (χ3n) is 7.03. The largest absolute Gasteiger partial charge is 0.362 e. The molecule has 2 heterocycles. The number of rotatable bonds is 6. The Labute approximate surface area is 191 Å². The van der Waals surface area contributed by atoms with E-state index < -0.39 is 0 Å². The summed E-state index contributed by atoms with van der Waals surface area (Å²) >= 11 is 0. The summed E-state index contributed by atoms with van der Waals surface area (Å²) in [5, 5.41) is 0. The van der Waals surface area contributed by atoms with E-state index in [-0.39, 0.29) is 17.9 Å². The Balaban J connectivity index is 1.64. The van der Waals surface area contributed by atoms with Crippen LogP contribution in [0.3, 0.4) is 0 Å². The van der Waals surface area contributed by atoms with Gasteiger partial charge in [-0.15, -0.1) is 0 Å². The highest BCUT2D eigenvalue weighted by atomic mass is 16.1. The molecule has 0 aliphatic carbocycles. The van der Waals surface area contributed by atoms with Gasteiger partial charge in [0.1, 0.15) is 0 Å². The normalized spacial score (nSPS) is 18.6.